The minimum atomic E-state index is 0.00694. The van der Waals surface area contributed by atoms with E-state index in [4.69, 9.17) is 35.5 Å². The second-order valence-corrected chi connectivity index (χ2v) is 9.32. The van der Waals surface area contributed by atoms with Crippen molar-refractivity contribution in [3.63, 3.8) is 0 Å². The average Bonchev–Trinajstić information content (AvgIpc) is 3.37. The quantitative estimate of drug-likeness (QED) is 0.361. The van der Waals surface area contributed by atoms with Gasteiger partial charge in [0.1, 0.15) is 0 Å². The molecule has 155 valence electrons. The van der Waals surface area contributed by atoms with E-state index in [2.05, 4.69) is 41.5 Å². The Labute approximate surface area is 181 Å². The summed E-state index contributed by atoms with van der Waals surface area (Å²) in [5.74, 6) is 1.11. The predicted octanol–water partition coefficient (Wildman–Crippen LogP) is 5.41. The number of rotatable bonds is 6. The van der Waals surface area contributed by atoms with E-state index < -0.39 is 0 Å². The molecule has 0 aliphatic rings. The molecule has 0 aromatic carbocycles. The van der Waals surface area contributed by atoms with Crippen molar-refractivity contribution < 1.29 is 13.1 Å². The first-order valence-corrected chi connectivity index (χ1v) is 12.4. The summed E-state index contributed by atoms with van der Waals surface area (Å²) in [6, 6.07) is 6.14. The Balaban J connectivity index is 0.000000878. The number of hydrogen-bond donors (Lipinski definition) is 0. The van der Waals surface area contributed by atoms with Crippen LogP contribution >= 0.6 is 20.2 Å². The summed E-state index contributed by atoms with van der Waals surface area (Å²) in [5, 5.41) is 14.2. The van der Waals surface area contributed by atoms with Crippen LogP contribution in [0.2, 0.25) is 0 Å². The van der Waals surface area contributed by atoms with Gasteiger partial charge in [-0.1, -0.05) is 59.7 Å². The monoisotopic (exact) mass is 464 g/mol. The fourth-order valence-electron chi connectivity index (χ4n) is 2.59. The third-order valence-electron chi connectivity index (χ3n) is 4.22. The zero-order valence-electron chi connectivity index (χ0n) is 17.0. The maximum absolute atomic E-state index is 4.80. The zero-order valence-corrected chi connectivity index (χ0v) is 19.7. The molecule has 3 aromatic heterocycles. The van der Waals surface area contributed by atoms with E-state index in [9.17, 15) is 0 Å². The molecule has 9 heteroatoms. The first kappa shape index (κ1) is 22.9. The van der Waals surface area contributed by atoms with E-state index in [0.29, 0.717) is 17.8 Å². The average molecular weight is 465 g/mol. The standard InChI is InChI=1S/C19H27N6.2ClH.Mn/c1-13(2)16-7-10-23(20-16)19(24-11-8-17(21-24)14(3)4)25-12-9-18(22-25)15(5)6;;;/h7-15H,1-6H3;2*1H;/q-1;;;+2/p-2. The number of halogens is 2. The van der Waals surface area contributed by atoms with Crippen LogP contribution in [0.1, 0.15) is 76.4 Å². The maximum atomic E-state index is 4.80. The Bertz CT molecular complexity index is 742. The molecule has 6 nitrogen and oxygen atoms in total. The van der Waals surface area contributed by atoms with Crippen molar-refractivity contribution in [2.75, 3.05) is 0 Å². The molecule has 3 heterocycles. The van der Waals surface area contributed by atoms with E-state index in [-0.39, 0.29) is 13.1 Å². The Morgan fingerprint density at radius 2 is 0.929 bits per heavy atom. The third-order valence-corrected chi connectivity index (χ3v) is 4.22. The van der Waals surface area contributed by atoms with Crippen LogP contribution in [0.3, 0.4) is 0 Å². The van der Waals surface area contributed by atoms with Crippen molar-refractivity contribution in [1.82, 2.24) is 29.3 Å². The Hall–Kier alpha value is -1.40. The molecule has 0 N–H and O–H groups in total. The summed E-state index contributed by atoms with van der Waals surface area (Å²) in [6.45, 7) is 12.8. The summed E-state index contributed by atoms with van der Waals surface area (Å²) in [5.41, 5.74) is 3.14. The van der Waals surface area contributed by atoms with E-state index in [1.54, 1.807) is 0 Å². The van der Waals surface area contributed by atoms with Gasteiger partial charge in [0.05, 0.1) is 17.1 Å². The molecule has 0 aliphatic carbocycles. The van der Waals surface area contributed by atoms with Crippen LogP contribution in [-0.4, -0.2) is 29.3 Å². The topological polar surface area (TPSA) is 53.5 Å². The van der Waals surface area contributed by atoms with Gasteiger partial charge in [-0.2, -0.15) is 15.3 Å². The van der Waals surface area contributed by atoms with Crippen molar-refractivity contribution in [3.8, 4) is 0 Å². The molecule has 0 fully saturated rings. The molecule has 0 atom stereocenters. The Morgan fingerprint density at radius 3 is 1.11 bits per heavy atom. The van der Waals surface area contributed by atoms with Crippen molar-refractivity contribution in [2.24, 2.45) is 0 Å². The number of aromatic nitrogens is 6. The van der Waals surface area contributed by atoms with E-state index in [1.165, 1.54) is 0 Å². The van der Waals surface area contributed by atoms with Crippen molar-refractivity contribution in [3.05, 3.63) is 60.2 Å². The van der Waals surface area contributed by atoms with Gasteiger partial charge < -0.3 is 0 Å². The fourth-order valence-corrected chi connectivity index (χ4v) is 2.59. The first-order valence-electron chi connectivity index (χ1n) is 9.20. The predicted molar refractivity (Wildman–Crippen MR) is 110 cm³/mol. The van der Waals surface area contributed by atoms with Gasteiger partial charge in [0.25, 0.3) is 0 Å². The van der Waals surface area contributed by atoms with Gasteiger partial charge in [-0.05, 0) is 36.3 Å². The summed E-state index contributed by atoms with van der Waals surface area (Å²) >= 11 is 0.00694. The van der Waals surface area contributed by atoms with Crippen LogP contribution < -0.4 is 0 Å². The van der Waals surface area contributed by atoms with E-state index >= 15 is 0 Å². The molecule has 3 aromatic rings. The number of hydrogen-bond acceptors (Lipinski definition) is 3. The van der Waals surface area contributed by atoms with Crippen LogP contribution in [0.25, 0.3) is 0 Å². The zero-order chi connectivity index (χ0) is 20.8. The van der Waals surface area contributed by atoms with Gasteiger partial charge in [-0.25, -0.2) is 0 Å². The summed E-state index contributed by atoms with van der Waals surface area (Å²) in [6.07, 6.45) is 6.69. The molecule has 0 aliphatic heterocycles. The van der Waals surface area contributed by atoms with Crippen LogP contribution in [0.15, 0.2) is 36.8 Å². The fraction of sp³-hybridized carbons (Fsp3) is 0.474. The second kappa shape index (κ2) is 10.4. The number of nitrogens with zero attached hydrogens (tertiary/aromatic N) is 6. The van der Waals surface area contributed by atoms with E-state index in [0.717, 1.165) is 23.4 Å². The van der Waals surface area contributed by atoms with Crippen LogP contribution in [0.4, 0.5) is 0 Å². The van der Waals surface area contributed by atoms with E-state index in [1.807, 2.05) is 50.8 Å². The molecule has 0 bridgehead atoms. The van der Waals surface area contributed by atoms with Gasteiger partial charge in [0, 0.05) is 0 Å². The Morgan fingerprint density at radius 1 is 0.679 bits per heavy atom. The molecular formula is C19H27Cl2MnN6-. The molecule has 0 unspecified atom stereocenters. The second-order valence-electron chi connectivity index (χ2n) is 7.37. The van der Waals surface area contributed by atoms with Gasteiger partial charge in [0.2, 0.25) is 0 Å². The van der Waals surface area contributed by atoms with Gasteiger partial charge >= 0.3 is 33.3 Å². The molecule has 0 saturated carbocycles. The molecule has 0 radical (unpaired) electrons. The van der Waals surface area contributed by atoms with Crippen LogP contribution in [0.5, 0.6) is 0 Å². The molecule has 0 spiro atoms. The van der Waals surface area contributed by atoms with Gasteiger partial charge in [-0.15, -0.1) is 0 Å². The van der Waals surface area contributed by atoms with Crippen molar-refractivity contribution in [2.45, 2.75) is 59.3 Å². The normalized spacial score (nSPS) is 11.2. The Kier molecular flexibility index (Phi) is 8.50. The van der Waals surface area contributed by atoms with Crippen LogP contribution in [-0.2, 0) is 13.1 Å². The van der Waals surface area contributed by atoms with Crippen LogP contribution in [0, 0.1) is 6.29 Å². The van der Waals surface area contributed by atoms with Crippen molar-refractivity contribution >= 4 is 20.2 Å². The molecule has 3 rings (SSSR count). The summed E-state index contributed by atoms with van der Waals surface area (Å²) < 4.78 is 5.55. The molecule has 0 amide bonds. The van der Waals surface area contributed by atoms with Crippen molar-refractivity contribution in [1.29, 1.82) is 0 Å². The summed E-state index contributed by atoms with van der Waals surface area (Å²) in [4.78, 5) is 0. The van der Waals surface area contributed by atoms with Gasteiger partial charge in [0.15, 0.2) is 6.29 Å². The first-order chi connectivity index (χ1) is 13.3. The molecule has 28 heavy (non-hydrogen) atoms. The summed E-state index contributed by atoms with van der Waals surface area (Å²) in [7, 11) is 9.59. The SMILES string of the molecule is CC(C)c1ccn([C-](n2ccc(C(C)C)n2)n2ccc(C(C)C)n2)n1.[Cl][Mn][Cl]. The molecular weight excluding hydrogens is 438 g/mol. The molecule has 0 saturated heterocycles. The minimum absolute atomic E-state index is 0.00694. The third kappa shape index (κ3) is 5.57. The van der Waals surface area contributed by atoms with Gasteiger partial charge in [-0.3, -0.25) is 14.0 Å².